The Labute approximate surface area is 190 Å². The zero-order chi connectivity index (χ0) is 23.1. The van der Waals surface area contributed by atoms with Crippen molar-refractivity contribution >= 4 is 34.8 Å². The molecule has 1 heterocycles. The number of esters is 1. The Bertz CT molecular complexity index is 1100. The molecule has 8 heteroatoms. The number of hydrogen-bond acceptors (Lipinski definition) is 6. The van der Waals surface area contributed by atoms with E-state index in [0.717, 1.165) is 5.56 Å². The molecule has 2 aromatic carbocycles. The molecule has 0 atom stereocenters. The monoisotopic (exact) mass is 452 g/mol. The normalized spacial score (nSPS) is 10.3. The van der Waals surface area contributed by atoms with Gasteiger partial charge in [0.15, 0.2) is 6.61 Å². The Morgan fingerprint density at radius 2 is 1.66 bits per heavy atom. The molecule has 0 spiro atoms. The third kappa shape index (κ3) is 5.33. The van der Waals surface area contributed by atoms with Gasteiger partial charge in [0.2, 0.25) is 0 Å². The van der Waals surface area contributed by atoms with Gasteiger partial charge >= 0.3 is 5.97 Å². The van der Waals surface area contributed by atoms with Gasteiger partial charge < -0.3 is 19.3 Å². The van der Waals surface area contributed by atoms with Crippen molar-refractivity contribution in [1.82, 2.24) is 4.90 Å². The standard InChI is InChI=1S/C24H24N2O5S/c1-25(15-17-9-4-7-12-20(17)30-3)22(27)16-31-24(29)18-10-5-6-11-19(18)26(2)23(28)21-13-8-14-32-21/h4-14H,15-16H2,1-3H3. The summed E-state index contributed by atoms with van der Waals surface area (Å²) in [7, 11) is 4.80. The number of ether oxygens (including phenoxy) is 2. The van der Waals surface area contributed by atoms with Crippen LogP contribution in [0.5, 0.6) is 5.75 Å². The summed E-state index contributed by atoms with van der Waals surface area (Å²) in [5, 5.41) is 1.81. The van der Waals surface area contributed by atoms with Crippen molar-refractivity contribution in [2.45, 2.75) is 6.54 Å². The van der Waals surface area contributed by atoms with E-state index in [1.807, 2.05) is 29.6 Å². The van der Waals surface area contributed by atoms with Gasteiger partial charge in [-0.25, -0.2) is 4.79 Å². The largest absolute Gasteiger partial charge is 0.496 e. The van der Waals surface area contributed by atoms with Gasteiger partial charge in [-0.2, -0.15) is 0 Å². The summed E-state index contributed by atoms with van der Waals surface area (Å²) >= 11 is 1.32. The number of carbonyl (C=O) groups excluding carboxylic acids is 3. The molecule has 3 rings (SSSR count). The number of para-hydroxylation sites is 2. The molecule has 0 aliphatic heterocycles. The third-order valence-electron chi connectivity index (χ3n) is 4.87. The Kier molecular flexibility index (Phi) is 7.62. The highest BCUT2D eigenvalue weighted by molar-refractivity contribution is 7.12. The minimum Gasteiger partial charge on any atom is -0.496 e. The highest BCUT2D eigenvalue weighted by atomic mass is 32.1. The molecular weight excluding hydrogens is 428 g/mol. The Balaban J connectivity index is 1.65. The quantitative estimate of drug-likeness (QED) is 0.485. The SMILES string of the molecule is COc1ccccc1CN(C)C(=O)COC(=O)c1ccccc1N(C)C(=O)c1cccs1. The van der Waals surface area contributed by atoms with E-state index in [1.54, 1.807) is 57.6 Å². The fourth-order valence-electron chi connectivity index (χ4n) is 3.11. The van der Waals surface area contributed by atoms with Crippen molar-refractivity contribution < 1.29 is 23.9 Å². The average molecular weight is 453 g/mol. The molecule has 0 saturated heterocycles. The molecular formula is C24H24N2O5S. The molecule has 0 N–H and O–H groups in total. The van der Waals surface area contributed by atoms with Crippen LogP contribution in [0.1, 0.15) is 25.6 Å². The van der Waals surface area contributed by atoms with Gasteiger partial charge in [-0.15, -0.1) is 11.3 Å². The summed E-state index contributed by atoms with van der Waals surface area (Å²) in [6.07, 6.45) is 0. The average Bonchev–Trinajstić information content (AvgIpc) is 3.36. The van der Waals surface area contributed by atoms with Crippen molar-refractivity contribution in [1.29, 1.82) is 0 Å². The molecule has 2 amide bonds. The number of hydrogen-bond donors (Lipinski definition) is 0. The van der Waals surface area contributed by atoms with Crippen LogP contribution >= 0.6 is 11.3 Å². The number of rotatable bonds is 8. The minimum atomic E-state index is -0.675. The highest BCUT2D eigenvalue weighted by Gasteiger charge is 2.22. The summed E-state index contributed by atoms with van der Waals surface area (Å²) in [5.74, 6) is -0.584. The first kappa shape index (κ1) is 23.0. The van der Waals surface area contributed by atoms with Crippen molar-refractivity contribution in [3.05, 3.63) is 82.0 Å². The van der Waals surface area contributed by atoms with E-state index >= 15 is 0 Å². The number of methoxy groups -OCH3 is 1. The van der Waals surface area contributed by atoms with E-state index in [2.05, 4.69) is 0 Å². The van der Waals surface area contributed by atoms with E-state index in [4.69, 9.17) is 9.47 Å². The van der Waals surface area contributed by atoms with Crippen LogP contribution in [0.4, 0.5) is 5.69 Å². The maximum atomic E-state index is 12.7. The van der Waals surface area contributed by atoms with Gasteiger partial charge in [0, 0.05) is 26.2 Å². The highest BCUT2D eigenvalue weighted by Crippen LogP contribution is 2.23. The third-order valence-corrected chi connectivity index (χ3v) is 5.73. The van der Waals surface area contributed by atoms with E-state index in [-0.39, 0.29) is 17.4 Å². The molecule has 0 fully saturated rings. The fourth-order valence-corrected chi connectivity index (χ4v) is 3.80. The zero-order valence-corrected chi connectivity index (χ0v) is 18.9. The first-order chi connectivity index (χ1) is 15.4. The second-order valence-electron chi connectivity index (χ2n) is 7.00. The van der Waals surface area contributed by atoms with Crippen molar-refractivity contribution in [2.75, 3.05) is 32.7 Å². The number of carbonyl (C=O) groups is 3. The fraction of sp³-hybridized carbons (Fsp3) is 0.208. The van der Waals surface area contributed by atoms with E-state index in [0.29, 0.717) is 22.9 Å². The van der Waals surface area contributed by atoms with Crippen LogP contribution < -0.4 is 9.64 Å². The summed E-state index contributed by atoms with van der Waals surface area (Å²) in [4.78, 5) is 41.3. The van der Waals surface area contributed by atoms with E-state index in [1.165, 1.54) is 21.1 Å². The topological polar surface area (TPSA) is 76.2 Å². The minimum absolute atomic E-state index is 0.208. The number of likely N-dealkylation sites (N-methyl/N-ethyl adjacent to an activating group) is 1. The molecule has 166 valence electrons. The lowest BCUT2D eigenvalue weighted by Gasteiger charge is -2.20. The smallest absolute Gasteiger partial charge is 0.340 e. The number of thiophene rings is 1. The first-order valence-corrected chi connectivity index (χ1v) is 10.7. The van der Waals surface area contributed by atoms with Crippen LogP contribution in [0.2, 0.25) is 0 Å². The van der Waals surface area contributed by atoms with Gasteiger partial charge in [-0.3, -0.25) is 9.59 Å². The Hall–Kier alpha value is -3.65. The van der Waals surface area contributed by atoms with Crippen LogP contribution in [0.15, 0.2) is 66.0 Å². The second-order valence-corrected chi connectivity index (χ2v) is 7.94. The Morgan fingerprint density at radius 1 is 0.938 bits per heavy atom. The first-order valence-electron chi connectivity index (χ1n) is 9.86. The molecule has 0 aliphatic carbocycles. The van der Waals surface area contributed by atoms with Crippen LogP contribution in [0.3, 0.4) is 0 Å². The van der Waals surface area contributed by atoms with Gasteiger partial charge in [0.05, 0.1) is 23.2 Å². The molecule has 0 unspecified atom stereocenters. The van der Waals surface area contributed by atoms with Gasteiger partial charge in [0.1, 0.15) is 5.75 Å². The lowest BCUT2D eigenvalue weighted by Crippen LogP contribution is -2.31. The van der Waals surface area contributed by atoms with Crippen LogP contribution in [-0.2, 0) is 16.1 Å². The predicted octanol–water partition coefficient (Wildman–Crippen LogP) is 3.85. The van der Waals surface area contributed by atoms with Gasteiger partial charge in [0.25, 0.3) is 11.8 Å². The van der Waals surface area contributed by atoms with Crippen LogP contribution in [0, 0.1) is 0 Å². The van der Waals surface area contributed by atoms with Crippen LogP contribution in [0.25, 0.3) is 0 Å². The van der Waals surface area contributed by atoms with Crippen molar-refractivity contribution in [3.63, 3.8) is 0 Å². The van der Waals surface area contributed by atoms with Gasteiger partial charge in [-0.1, -0.05) is 36.4 Å². The number of nitrogens with zero attached hydrogens (tertiary/aromatic N) is 2. The molecule has 0 aliphatic rings. The maximum Gasteiger partial charge on any atom is 0.340 e. The molecule has 0 radical (unpaired) electrons. The summed E-state index contributed by atoms with van der Waals surface area (Å²) in [5.41, 5.74) is 1.46. The maximum absolute atomic E-state index is 12.7. The summed E-state index contributed by atoms with van der Waals surface area (Å²) in [6.45, 7) is -0.101. The second kappa shape index (κ2) is 10.6. The summed E-state index contributed by atoms with van der Waals surface area (Å²) < 4.78 is 10.6. The Morgan fingerprint density at radius 3 is 2.38 bits per heavy atom. The molecule has 0 saturated carbocycles. The zero-order valence-electron chi connectivity index (χ0n) is 18.1. The lowest BCUT2D eigenvalue weighted by molar-refractivity contribution is -0.133. The molecule has 3 aromatic rings. The van der Waals surface area contributed by atoms with Gasteiger partial charge in [-0.05, 0) is 29.6 Å². The molecule has 0 bridgehead atoms. The molecule has 1 aromatic heterocycles. The predicted molar refractivity (Wildman–Crippen MR) is 123 cm³/mol. The molecule has 7 nitrogen and oxygen atoms in total. The van der Waals surface area contributed by atoms with E-state index < -0.39 is 12.6 Å². The van der Waals surface area contributed by atoms with E-state index in [9.17, 15) is 14.4 Å². The lowest BCUT2D eigenvalue weighted by atomic mass is 10.1. The molecule has 32 heavy (non-hydrogen) atoms. The number of anilines is 1. The summed E-state index contributed by atoms with van der Waals surface area (Å²) in [6, 6.07) is 17.6. The van der Waals surface area contributed by atoms with Crippen molar-refractivity contribution in [3.8, 4) is 5.75 Å². The number of benzene rings is 2. The number of amides is 2. The van der Waals surface area contributed by atoms with Crippen LogP contribution in [-0.4, -0.2) is 50.5 Å². The van der Waals surface area contributed by atoms with Crippen molar-refractivity contribution in [2.24, 2.45) is 0 Å².